The Balaban J connectivity index is 1.85. The average molecular weight is 252 g/mol. The number of aromatic nitrogens is 2. The molecule has 5 heteroatoms. The summed E-state index contributed by atoms with van der Waals surface area (Å²) in [6.07, 6.45) is 0.876. The molecule has 2 rings (SSSR count). The first-order valence-corrected chi connectivity index (χ1v) is 7.00. The number of hydrogen-bond donors (Lipinski definition) is 1. The summed E-state index contributed by atoms with van der Waals surface area (Å²) < 4.78 is 5.38. The van der Waals surface area contributed by atoms with E-state index in [-0.39, 0.29) is 0 Å². The number of nitrogens with one attached hydrogen (secondary N) is 1. The fourth-order valence-electron chi connectivity index (χ4n) is 2.22. The molecule has 1 fully saturated rings. The Kier molecular flexibility index (Phi) is 4.72. The minimum absolute atomic E-state index is 0.376. The Morgan fingerprint density at radius 2 is 2.11 bits per heavy atom. The fourth-order valence-corrected chi connectivity index (χ4v) is 2.22. The first-order chi connectivity index (χ1) is 8.74. The van der Waals surface area contributed by atoms with Crippen molar-refractivity contribution in [1.82, 2.24) is 20.4 Å². The summed E-state index contributed by atoms with van der Waals surface area (Å²) >= 11 is 0. The smallest absolute Gasteiger partial charge is 0.229 e. The van der Waals surface area contributed by atoms with Crippen LogP contribution in [0.15, 0.2) is 4.52 Å². The van der Waals surface area contributed by atoms with Crippen molar-refractivity contribution >= 4 is 0 Å². The molecule has 1 unspecified atom stereocenters. The van der Waals surface area contributed by atoms with Crippen molar-refractivity contribution in [2.75, 3.05) is 32.7 Å². The third-order valence-electron chi connectivity index (χ3n) is 3.94. The second-order valence-electron chi connectivity index (χ2n) is 5.03. The molecule has 1 aliphatic rings. The van der Waals surface area contributed by atoms with Crippen LogP contribution in [-0.2, 0) is 6.42 Å². The van der Waals surface area contributed by atoms with Gasteiger partial charge in [-0.3, -0.25) is 0 Å². The maximum absolute atomic E-state index is 5.38. The fraction of sp³-hybridized carbons (Fsp3) is 0.846. The molecule has 1 aromatic rings. The van der Waals surface area contributed by atoms with Crippen LogP contribution < -0.4 is 5.32 Å². The average Bonchev–Trinajstić information content (AvgIpc) is 2.77. The van der Waals surface area contributed by atoms with E-state index in [1.54, 1.807) is 0 Å². The Bertz CT molecular complexity index is 358. The molecule has 18 heavy (non-hydrogen) atoms. The van der Waals surface area contributed by atoms with Crippen molar-refractivity contribution in [3.8, 4) is 0 Å². The first kappa shape index (κ1) is 13.5. The first-order valence-electron chi connectivity index (χ1n) is 7.00. The lowest BCUT2D eigenvalue weighted by molar-refractivity contribution is 0.252. The Morgan fingerprint density at radius 1 is 1.39 bits per heavy atom. The largest absolute Gasteiger partial charge is 0.339 e. The van der Waals surface area contributed by atoms with E-state index in [9.17, 15) is 0 Å². The molecular formula is C13H24N4O. The van der Waals surface area contributed by atoms with E-state index in [2.05, 4.69) is 41.1 Å². The summed E-state index contributed by atoms with van der Waals surface area (Å²) in [6.45, 7) is 11.8. The molecule has 1 N–H and O–H groups in total. The zero-order valence-corrected chi connectivity index (χ0v) is 11.6. The number of likely N-dealkylation sites (N-methyl/N-ethyl adjacent to an activating group) is 1. The van der Waals surface area contributed by atoms with Crippen molar-refractivity contribution in [1.29, 1.82) is 0 Å². The van der Waals surface area contributed by atoms with Gasteiger partial charge in [0.25, 0.3) is 0 Å². The summed E-state index contributed by atoms with van der Waals surface area (Å²) in [4.78, 5) is 6.89. The SMILES string of the molecule is CCN(CC)CCc1noc(C(C)C2CNC2)n1. The number of nitrogens with zero attached hydrogens (tertiary/aromatic N) is 3. The van der Waals surface area contributed by atoms with E-state index in [0.717, 1.165) is 50.9 Å². The van der Waals surface area contributed by atoms with Crippen LogP contribution >= 0.6 is 0 Å². The van der Waals surface area contributed by atoms with E-state index in [1.807, 2.05) is 0 Å². The molecule has 102 valence electrons. The third kappa shape index (κ3) is 3.09. The molecule has 1 atom stereocenters. The quantitative estimate of drug-likeness (QED) is 0.792. The van der Waals surface area contributed by atoms with Gasteiger partial charge in [0.2, 0.25) is 5.89 Å². The predicted molar refractivity (Wildman–Crippen MR) is 70.6 cm³/mol. The Morgan fingerprint density at radius 3 is 2.67 bits per heavy atom. The maximum atomic E-state index is 5.38. The lowest BCUT2D eigenvalue weighted by atomic mass is 9.89. The monoisotopic (exact) mass is 252 g/mol. The Labute approximate surface area is 109 Å². The van der Waals surface area contributed by atoms with Crippen LogP contribution in [-0.4, -0.2) is 47.8 Å². The van der Waals surface area contributed by atoms with Gasteiger partial charge in [-0.05, 0) is 32.1 Å². The normalized spacial score (nSPS) is 18.0. The van der Waals surface area contributed by atoms with E-state index in [0.29, 0.717) is 11.8 Å². The molecular weight excluding hydrogens is 228 g/mol. The van der Waals surface area contributed by atoms with Gasteiger partial charge in [0.05, 0.1) is 0 Å². The lowest BCUT2D eigenvalue weighted by Gasteiger charge is -2.30. The molecule has 0 spiro atoms. The molecule has 1 saturated heterocycles. The molecule has 5 nitrogen and oxygen atoms in total. The van der Waals surface area contributed by atoms with Gasteiger partial charge >= 0.3 is 0 Å². The van der Waals surface area contributed by atoms with Crippen molar-refractivity contribution in [3.63, 3.8) is 0 Å². The summed E-state index contributed by atoms with van der Waals surface area (Å²) in [7, 11) is 0. The highest BCUT2D eigenvalue weighted by Gasteiger charge is 2.28. The minimum atomic E-state index is 0.376. The Hall–Kier alpha value is -0.940. The van der Waals surface area contributed by atoms with E-state index in [4.69, 9.17) is 4.52 Å². The van der Waals surface area contributed by atoms with E-state index >= 15 is 0 Å². The van der Waals surface area contributed by atoms with Gasteiger partial charge in [0.1, 0.15) is 0 Å². The zero-order chi connectivity index (χ0) is 13.0. The highest BCUT2D eigenvalue weighted by molar-refractivity contribution is 4.99. The molecule has 0 aromatic carbocycles. The van der Waals surface area contributed by atoms with Gasteiger partial charge in [-0.25, -0.2) is 0 Å². The van der Waals surface area contributed by atoms with Crippen LogP contribution in [0.5, 0.6) is 0 Å². The van der Waals surface area contributed by atoms with Gasteiger partial charge in [-0.1, -0.05) is 25.9 Å². The van der Waals surface area contributed by atoms with Crippen molar-refractivity contribution < 1.29 is 4.52 Å². The van der Waals surface area contributed by atoms with Gasteiger partial charge in [-0.2, -0.15) is 4.98 Å². The van der Waals surface area contributed by atoms with Gasteiger partial charge < -0.3 is 14.7 Å². The van der Waals surface area contributed by atoms with Crippen molar-refractivity contribution in [2.24, 2.45) is 5.92 Å². The van der Waals surface area contributed by atoms with Crippen molar-refractivity contribution in [3.05, 3.63) is 11.7 Å². The van der Waals surface area contributed by atoms with E-state index < -0.39 is 0 Å². The van der Waals surface area contributed by atoms with Gasteiger partial charge in [-0.15, -0.1) is 0 Å². The standard InChI is InChI=1S/C13H24N4O/c1-4-17(5-2)7-6-12-15-13(18-16-12)10(3)11-8-14-9-11/h10-11,14H,4-9H2,1-3H3. The van der Waals surface area contributed by atoms with Gasteiger partial charge in [0.15, 0.2) is 5.82 Å². The minimum Gasteiger partial charge on any atom is -0.339 e. The van der Waals surface area contributed by atoms with Crippen LogP contribution in [0.3, 0.4) is 0 Å². The topological polar surface area (TPSA) is 54.2 Å². The number of rotatable bonds is 7. The van der Waals surface area contributed by atoms with Crippen LogP contribution in [0.25, 0.3) is 0 Å². The van der Waals surface area contributed by atoms with Crippen LogP contribution in [0.2, 0.25) is 0 Å². The van der Waals surface area contributed by atoms with Crippen LogP contribution in [0.4, 0.5) is 0 Å². The highest BCUT2D eigenvalue weighted by Crippen LogP contribution is 2.25. The highest BCUT2D eigenvalue weighted by atomic mass is 16.5. The molecule has 0 radical (unpaired) electrons. The molecule has 0 aliphatic carbocycles. The second-order valence-corrected chi connectivity index (χ2v) is 5.03. The summed E-state index contributed by atoms with van der Waals surface area (Å²) in [5.41, 5.74) is 0. The van der Waals surface area contributed by atoms with Crippen LogP contribution in [0.1, 0.15) is 38.4 Å². The van der Waals surface area contributed by atoms with Gasteiger partial charge in [0, 0.05) is 18.9 Å². The maximum Gasteiger partial charge on any atom is 0.229 e. The molecule has 2 heterocycles. The van der Waals surface area contributed by atoms with E-state index in [1.165, 1.54) is 0 Å². The summed E-state index contributed by atoms with van der Waals surface area (Å²) in [5.74, 6) is 2.68. The molecule has 0 amide bonds. The third-order valence-corrected chi connectivity index (χ3v) is 3.94. The number of hydrogen-bond acceptors (Lipinski definition) is 5. The predicted octanol–water partition coefficient (Wildman–Crippen LogP) is 1.28. The lowest BCUT2D eigenvalue weighted by Crippen LogP contribution is -2.44. The summed E-state index contributed by atoms with van der Waals surface area (Å²) in [5, 5.41) is 7.36. The molecule has 1 aromatic heterocycles. The molecule has 0 bridgehead atoms. The molecule has 1 aliphatic heterocycles. The second kappa shape index (κ2) is 6.29. The zero-order valence-electron chi connectivity index (χ0n) is 11.6. The molecule has 0 saturated carbocycles. The van der Waals surface area contributed by atoms with Crippen LogP contribution in [0, 0.1) is 5.92 Å². The summed E-state index contributed by atoms with van der Waals surface area (Å²) in [6, 6.07) is 0. The van der Waals surface area contributed by atoms with Crippen molar-refractivity contribution in [2.45, 2.75) is 33.1 Å².